The standard InChI is InChI=1S/C13H14N4OS/c14-13(18)11-6-7-12(17-16-11)15-8-9-19-10-4-2-1-3-5-10/h1-7H,8-9H2,(H2,14,18)(H,15,17). The summed E-state index contributed by atoms with van der Waals surface area (Å²) in [5, 5.41) is 10.7. The van der Waals surface area contributed by atoms with Gasteiger partial charge in [0.05, 0.1) is 0 Å². The quantitative estimate of drug-likeness (QED) is 0.620. The van der Waals surface area contributed by atoms with Crippen molar-refractivity contribution in [2.45, 2.75) is 4.90 Å². The Morgan fingerprint density at radius 2 is 1.95 bits per heavy atom. The number of benzene rings is 1. The second-order valence-electron chi connectivity index (χ2n) is 3.76. The van der Waals surface area contributed by atoms with Gasteiger partial charge in [0.1, 0.15) is 5.82 Å². The van der Waals surface area contributed by atoms with Gasteiger partial charge in [-0.05, 0) is 24.3 Å². The van der Waals surface area contributed by atoms with Crippen molar-refractivity contribution in [2.24, 2.45) is 5.73 Å². The fourth-order valence-electron chi connectivity index (χ4n) is 1.42. The van der Waals surface area contributed by atoms with Crippen molar-refractivity contribution >= 4 is 23.5 Å². The summed E-state index contributed by atoms with van der Waals surface area (Å²) in [4.78, 5) is 12.1. The third-order valence-corrected chi connectivity index (χ3v) is 3.35. The van der Waals surface area contributed by atoms with E-state index < -0.39 is 5.91 Å². The van der Waals surface area contributed by atoms with Crippen molar-refractivity contribution < 1.29 is 4.79 Å². The van der Waals surface area contributed by atoms with Crippen molar-refractivity contribution in [3.8, 4) is 0 Å². The Balaban J connectivity index is 1.75. The predicted molar refractivity (Wildman–Crippen MR) is 76.2 cm³/mol. The lowest BCUT2D eigenvalue weighted by Crippen LogP contribution is -2.14. The van der Waals surface area contributed by atoms with E-state index in [0.29, 0.717) is 5.82 Å². The molecule has 0 aliphatic carbocycles. The molecule has 0 saturated carbocycles. The van der Waals surface area contributed by atoms with Crippen LogP contribution in [-0.4, -0.2) is 28.4 Å². The second kappa shape index (κ2) is 6.75. The minimum Gasteiger partial charge on any atom is -0.368 e. The van der Waals surface area contributed by atoms with Gasteiger partial charge in [0.15, 0.2) is 5.69 Å². The number of thioether (sulfide) groups is 1. The summed E-state index contributed by atoms with van der Waals surface area (Å²) < 4.78 is 0. The van der Waals surface area contributed by atoms with E-state index in [1.54, 1.807) is 23.9 Å². The normalized spacial score (nSPS) is 10.1. The molecule has 0 aliphatic heterocycles. The van der Waals surface area contributed by atoms with Crippen molar-refractivity contribution in [2.75, 3.05) is 17.6 Å². The molecule has 1 aromatic carbocycles. The Morgan fingerprint density at radius 3 is 2.58 bits per heavy atom. The molecular formula is C13H14N4OS. The van der Waals surface area contributed by atoms with Crippen LogP contribution in [0.5, 0.6) is 0 Å². The topological polar surface area (TPSA) is 80.9 Å². The van der Waals surface area contributed by atoms with Crippen LogP contribution in [0.2, 0.25) is 0 Å². The molecular weight excluding hydrogens is 260 g/mol. The average molecular weight is 274 g/mol. The number of anilines is 1. The number of carbonyl (C=O) groups is 1. The van der Waals surface area contributed by atoms with E-state index in [9.17, 15) is 4.79 Å². The van der Waals surface area contributed by atoms with Crippen molar-refractivity contribution in [3.05, 3.63) is 48.2 Å². The highest BCUT2D eigenvalue weighted by Gasteiger charge is 2.02. The first kappa shape index (κ1) is 13.4. The van der Waals surface area contributed by atoms with Crippen LogP contribution >= 0.6 is 11.8 Å². The number of nitrogens with zero attached hydrogens (tertiary/aromatic N) is 2. The maximum absolute atomic E-state index is 10.8. The highest BCUT2D eigenvalue weighted by atomic mass is 32.2. The Morgan fingerprint density at radius 1 is 1.16 bits per heavy atom. The number of aromatic nitrogens is 2. The number of nitrogens with two attached hydrogens (primary N) is 1. The summed E-state index contributed by atoms with van der Waals surface area (Å²) in [6.07, 6.45) is 0. The fourth-order valence-corrected chi connectivity index (χ4v) is 2.21. The summed E-state index contributed by atoms with van der Waals surface area (Å²) in [5.74, 6) is 0.987. The van der Waals surface area contributed by atoms with Crippen LogP contribution in [0.25, 0.3) is 0 Å². The number of amides is 1. The minimum absolute atomic E-state index is 0.171. The average Bonchev–Trinajstić information content (AvgIpc) is 2.45. The molecule has 1 aromatic heterocycles. The first-order valence-corrected chi connectivity index (χ1v) is 6.79. The number of primary amides is 1. The van der Waals surface area contributed by atoms with E-state index in [0.717, 1.165) is 12.3 Å². The van der Waals surface area contributed by atoms with Gasteiger partial charge in [0, 0.05) is 17.2 Å². The van der Waals surface area contributed by atoms with Crippen LogP contribution in [0.4, 0.5) is 5.82 Å². The zero-order chi connectivity index (χ0) is 13.5. The first-order valence-electron chi connectivity index (χ1n) is 5.81. The first-order chi connectivity index (χ1) is 9.25. The number of hydrogen-bond acceptors (Lipinski definition) is 5. The second-order valence-corrected chi connectivity index (χ2v) is 4.92. The molecule has 2 aromatic rings. The summed E-state index contributed by atoms with van der Waals surface area (Å²) in [6.45, 7) is 0.768. The smallest absolute Gasteiger partial charge is 0.269 e. The predicted octanol–water partition coefficient (Wildman–Crippen LogP) is 1.78. The van der Waals surface area contributed by atoms with Crippen molar-refractivity contribution in [1.82, 2.24) is 10.2 Å². The van der Waals surface area contributed by atoms with Gasteiger partial charge in [-0.1, -0.05) is 18.2 Å². The van der Waals surface area contributed by atoms with Gasteiger partial charge in [-0.3, -0.25) is 4.79 Å². The van der Waals surface area contributed by atoms with Crippen LogP contribution in [-0.2, 0) is 0 Å². The van der Waals surface area contributed by atoms with Gasteiger partial charge in [-0.15, -0.1) is 22.0 Å². The molecule has 0 bridgehead atoms. The fraction of sp³-hybridized carbons (Fsp3) is 0.154. The molecule has 6 heteroatoms. The zero-order valence-electron chi connectivity index (χ0n) is 10.2. The van der Waals surface area contributed by atoms with Crippen LogP contribution in [0.3, 0.4) is 0 Å². The van der Waals surface area contributed by atoms with Crippen LogP contribution in [0, 0.1) is 0 Å². The Hall–Kier alpha value is -2.08. The van der Waals surface area contributed by atoms with Gasteiger partial charge < -0.3 is 11.1 Å². The molecule has 5 nitrogen and oxygen atoms in total. The number of hydrogen-bond donors (Lipinski definition) is 2. The van der Waals surface area contributed by atoms with E-state index in [2.05, 4.69) is 27.6 Å². The Bertz CT molecular complexity index is 530. The largest absolute Gasteiger partial charge is 0.368 e. The van der Waals surface area contributed by atoms with Gasteiger partial charge >= 0.3 is 0 Å². The lowest BCUT2D eigenvalue weighted by atomic mass is 10.4. The molecule has 98 valence electrons. The maximum atomic E-state index is 10.8. The van der Waals surface area contributed by atoms with Crippen LogP contribution in [0.1, 0.15) is 10.5 Å². The van der Waals surface area contributed by atoms with E-state index in [1.165, 1.54) is 4.90 Å². The molecule has 0 atom stereocenters. The van der Waals surface area contributed by atoms with E-state index in [-0.39, 0.29) is 5.69 Å². The minimum atomic E-state index is -0.571. The van der Waals surface area contributed by atoms with Gasteiger partial charge in [-0.2, -0.15) is 0 Å². The van der Waals surface area contributed by atoms with E-state index in [4.69, 9.17) is 5.73 Å². The molecule has 19 heavy (non-hydrogen) atoms. The monoisotopic (exact) mass is 274 g/mol. The summed E-state index contributed by atoms with van der Waals surface area (Å²) in [6, 6.07) is 13.4. The van der Waals surface area contributed by atoms with Gasteiger partial charge in [-0.25, -0.2) is 0 Å². The molecule has 0 aliphatic rings. The molecule has 1 heterocycles. The third kappa shape index (κ3) is 4.26. The number of rotatable bonds is 6. The van der Waals surface area contributed by atoms with Crippen molar-refractivity contribution in [3.63, 3.8) is 0 Å². The molecule has 0 spiro atoms. The zero-order valence-corrected chi connectivity index (χ0v) is 11.1. The summed E-state index contributed by atoms with van der Waals surface area (Å²) >= 11 is 1.76. The van der Waals surface area contributed by atoms with E-state index in [1.807, 2.05) is 18.2 Å². The lowest BCUT2D eigenvalue weighted by molar-refractivity contribution is 0.0994. The highest BCUT2D eigenvalue weighted by Crippen LogP contribution is 2.16. The summed E-state index contributed by atoms with van der Waals surface area (Å²) in [7, 11) is 0. The molecule has 0 unspecified atom stereocenters. The van der Waals surface area contributed by atoms with Gasteiger partial charge in [0.2, 0.25) is 0 Å². The van der Waals surface area contributed by atoms with Crippen LogP contribution in [0.15, 0.2) is 47.4 Å². The molecule has 0 saturated heterocycles. The van der Waals surface area contributed by atoms with Crippen molar-refractivity contribution in [1.29, 1.82) is 0 Å². The number of nitrogens with one attached hydrogen (secondary N) is 1. The SMILES string of the molecule is NC(=O)c1ccc(NCCSc2ccccc2)nn1. The maximum Gasteiger partial charge on any atom is 0.269 e. The summed E-state index contributed by atoms with van der Waals surface area (Å²) in [5.41, 5.74) is 5.26. The molecule has 1 amide bonds. The highest BCUT2D eigenvalue weighted by molar-refractivity contribution is 7.99. The third-order valence-electron chi connectivity index (χ3n) is 2.34. The Kier molecular flexibility index (Phi) is 4.74. The van der Waals surface area contributed by atoms with E-state index >= 15 is 0 Å². The molecule has 0 radical (unpaired) electrons. The Labute approximate surface area is 115 Å². The molecule has 2 rings (SSSR count). The lowest BCUT2D eigenvalue weighted by Gasteiger charge is -2.05. The van der Waals surface area contributed by atoms with Gasteiger partial charge in [0.25, 0.3) is 5.91 Å². The molecule has 3 N–H and O–H groups in total. The van der Waals surface area contributed by atoms with Crippen LogP contribution < -0.4 is 11.1 Å². The molecule has 0 fully saturated rings. The number of carbonyl (C=O) groups excluding carboxylic acids is 1.